The normalized spacial score (nSPS) is 21.2. The molecule has 1 fully saturated rings. The maximum Gasteiger partial charge on any atom is 1.00 e. The number of nitrogens with two attached hydrogens (primary N) is 2. The topological polar surface area (TPSA) is 459 Å². The van der Waals surface area contributed by atoms with Crippen LogP contribution >= 0.6 is 29.3 Å². The largest absolute Gasteiger partial charge is 1.00 e. The number of aliphatic carboxylic acids is 4. The summed E-state index contributed by atoms with van der Waals surface area (Å²) >= 11 is 0. The summed E-state index contributed by atoms with van der Waals surface area (Å²) in [6.07, 6.45) is -8.28. The Balaban J connectivity index is 0.0000186. The zero-order valence-corrected chi connectivity index (χ0v) is 39.8. The molecule has 28 nitrogen and oxygen atoms in total. The van der Waals surface area contributed by atoms with E-state index in [-0.39, 0.29) is 95.8 Å². The number of carbonyl (C=O) groups excluding carboxylic acids is 5. The second kappa shape index (κ2) is 29.0. The van der Waals surface area contributed by atoms with Gasteiger partial charge in [-0.3, -0.25) is 47.8 Å². The van der Waals surface area contributed by atoms with Crippen molar-refractivity contribution < 1.29 is 152 Å². The fraction of sp³-hybridized carbons (Fsp3) is 0.655. The second-order valence-corrected chi connectivity index (χ2v) is 16.9. The molecule has 2 aliphatic heterocycles. The Labute approximate surface area is 403 Å². The first-order valence-corrected chi connectivity index (χ1v) is 21.5. The van der Waals surface area contributed by atoms with Gasteiger partial charge >= 0.3 is 96.8 Å². The minimum absolute atomic E-state index is 0. The molecule has 6 amide bonds. The maximum atomic E-state index is 12.9. The van der Waals surface area contributed by atoms with Gasteiger partial charge in [0.25, 0.3) is 0 Å². The van der Waals surface area contributed by atoms with Crippen molar-refractivity contribution in [2.24, 2.45) is 16.5 Å². The first-order chi connectivity index (χ1) is 28.0. The first-order valence-electron chi connectivity index (χ1n) is 17.4. The van der Waals surface area contributed by atoms with E-state index in [0.29, 0.717) is 0 Å². The quantitative estimate of drug-likeness (QED) is 0.0157. The molecule has 0 bridgehead atoms. The fourth-order valence-electron chi connectivity index (χ4n) is 4.97. The van der Waals surface area contributed by atoms with Crippen molar-refractivity contribution in [1.82, 2.24) is 31.3 Å². The Hall–Kier alpha value is -2.65. The molecule has 338 valence electrons. The number of aliphatic hydroxyl groups excluding tert-OH is 2. The van der Waals surface area contributed by atoms with Crippen LogP contribution < -0.4 is 96.9 Å². The average Bonchev–Trinajstić information content (AvgIpc) is 3.44. The second-order valence-electron chi connectivity index (χ2n) is 12.8. The molecule has 0 aliphatic carbocycles. The number of nitrogens with one attached hydrogen (secondary N) is 5. The Bertz CT molecular complexity index is 1710. The van der Waals surface area contributed by atoms with Crippen molar-refractivity contribution in [2.45, 2.75) is 80.8 Å². The van der Waals surface area contributed by atoms with Crippen molar-refractivity contribution in [1.29, 1.82) is 0 Å². The van der Waals surface area contributed by atoms with Crippen molar-refractivity contribution in [2.75, 3.05) is 37.7 Å². The minimum atomic E-state index is -5.05. The van der Waals surface area contributed by atoms with Crippen LogP contribution in [0.2, 0.25) is 0 Å². The smallest absolute Gasteiger partial charge is 0.480 e. The SMILES string of the molecule is NC1=NC(=O)N([C@H]2OC(COP(=O)(O)NC(CCC(=O)NC(CSSCC(NC(=O)CCC(N)C(=O)O)C(=O)NCC(=O)O)C(=O)NCC(=O)O)C(=O)O)[C@H](O)[C@@H]2O)CC1.[Na+].[Na+]. The Morgan fingerprint density at radius 3 is 1.79 bits per heavy atom. The number of amides is 6. The van der Waals surface area contributed by atoms with Gasteiger partial charge in [-0.15, -0.1) is 0 Å². The van der Waals surface area contributed by atoms with Gasteiger partial charge in [0.15, 0.2) is 6.23 Å². The third-order valence-corrected chi connectivity index (χ3v) is 11.7. The number of hydrogen-bond donors (Lipinski definition) is 14. The summed E-state index contributed by atoms with van der Waals surface area (Å²) in [5, 5.41) is 67.8. The number of ether oxygens (including phenoxy) is 1. The molecule has 0 aromatic rings. The number of amidine groups is 1. The van der Waals surface area contributed by atoms with Crippen LogP contribution in [-0.2, 0) is 52.2 Å². The maximum absolute atomic E-state index is 12.9. The Morgan fingerprint density at radius 1 is 0.839 bits per heavy atom. The average molecular weight is 966 g/mol. The van der Waals surface area contributed by atoms with Crippen molar-refractivity contribution in [3.8, 4) is 0 Å². The van der Waals surface area contributed by atoms with Crippen molar-refractivity contribution >= 4 is 88.7 Å². The molecule has 0 saturated carbocycles. The molecule has 62 heavy (non-hydrogen) atoms. The van der Waals surface area contributed by atoms with Crippen LogP contribution in [0.4, 0.5) is 4.79 Å². The standard InChI is InChI=1S/C29H46N9O19PS2.2Na/c30-12(27(49)50)1-3-18(39)34-14(24(47)32-7-20(41)42)10-59-60-11-15(25(48)33-8-21(43)44)35-19(40)4-2-13(28(51)52)37-58(54,55)56-9-16-22(45)23(46)26(57-16)38-6-5-17(31)36-29(38)53;;/h12-16,22-23,26,45-46H,1-11,30H2,(H,32,47)(H,33,48)(H,34,39)(H,35,40)(H,41,42)(H,43,44)(H,49,50)(H,51,52)(H2,31,36,53)(H2,37,54,55);;/q;2*+1/t12?,13?,14?,15?,16?,22-,23-,26-;;/m0../s1. The molecular weight excluding hydrogens is 919 g/mol. The number of rotatable bonds is 27. The van der Waals surface area contributed by atoms with E-state index < -0.39 is 149 Å². The monoisotopic (exact) mass is 965 g/mol. The van der Waals surface area contributed by atoms with Crippen LogP contribution in [0, 0.1) is 0 Å². The third kappa shape index (κ3) is 21.4. The fourth-order valence-corrected chi connectivity index (χ4v) is 8.36. The molecule has 16 N–H and O–H groups in total. The Kier molecular flexibility index (Phi) is 27.8. The summed E-state index contributed by atoms with van der Waals surface area (Å²) in [5.41, 5.74) is 10.9. The summed E-state index contributed by atoms with van der Waals surface area (Å²) in [6, 6.07) is -7.05. The molecule has 0 spiro atoms. The predicted molar refractivity (Wildman–Crippen MR) is 204 cm³/mol. The number of aliphatic hydroxyl groups is 2. The summed E-state index contributed by atoms with van der Waals surface area (Å²) in [4.78, 5) is 123. The van der Waals surface area contributed by atoms with Gasteiger partial charge in [-0.25, -0.2) is 14.4 Å². The molecule has 0 aromatic heterocycles. The van der Waals surface area contributed by atoms with Gasteiger partial charge in [0, 0.05) is 37.3 Å². The molecule has 2 heterocycles. The van der Waals surface area contributed by atoms with Gasteiger partial charge in [-0.05, 0) is 12.8 Å². The zero-order chi connectivity index (χ0) is 45.3. The number of carboxylic acid groups (broad SMARTS) is 4. The molecule has 33 heteroatoms. The van der Waals surface area contributed by atoms with Crippen LogP contribution in [0.1, 0.15) is 32.1 Å². The van der Waals surface area contributed by atoms with Crippen LogP contribution in [-0.4, -0.2) is 186 Å². The molecule has 6 unspecified atom stereocenters. The van der Waals surface area contributed by atoms with Crippen LogP contribution in [0.25, 0.3) is 0 Å². The van der Waals surface area contributed by atoms with E-state index in [0.717, 1.165) is 26.5 Å². The number of carbonyl (C=O) groups is 9. The van der Waals surface area contributed by atoms with Gasteiger partial charge < -0.3 is 73.0 Å². The van der Waals surface area contributed by atoms with E-state index in [4.69, 9.17) is 36.0 Å². The van der Waals surface area contributed by atoms with Crippen molar-refractivity contribution in [3.63, 3.8) is 0 Å². The van der Waals surface area contributed by atoms with Gasteiger partial charge in [-0.1, -0.05) is 21.6 Å². The number of carboxylic acids is 4. The summed E-state index contributed by atoms with van der Waals surface area (Å²) in [6.45, 7) is -2.59. The molecule has 0 radical (unpaired) electrons. The molecule has 9 atom stereocenters. The number of nitrogens with zero attached hydrogens (tertiary/aromatic N) is 2. The number of hydrogen-bond acceptors (Lipinski definition) is 18. The minimum Gasteiger partial charge on any atom is -0.480 e. The van der Waals surface area contributed by atoms with Gasteiger partial charge in [0.2, 0.25) is 23.6 Å². The van der Waals surface area contributed by atoms with E-state index in [9.17, 15) is 67.9 Å². The van der Waals surface area contributed by atoms with E-state index in [1.54, 1.807) is 0 Å². The van der Waals surface area contributed by atoms with Crippen LogP contribution in [0.15, 0.2) is 4.99 Å². The predicted octanol–water partition coefficient (Wildman–Crippen LogP) is -11.5. The van der Waals surface area contributed by atoms with E-state index >= 15 is 0 Å². The van der Waals surface area contributed by atoms with Gasteiger partial charge in [0.1, 0.15) is 61.4 Å². The number of urea groups is 1. The van der Waals surface area contributed by atoms with Gasteiger partial charge in [0.05, 0.1) is 6.61 Å². The van der Waals surface area contributed by atoms with Crippen molar-refractivity contribution in [3.05, 3.63) is 0 Å². The van der Waals surface area contributed by atoms with E-state index in [1.165, 1.54) is 0 Å². The number of aliphatic imine (C=N–C) groups is 1. The van der Waals surface area contributed by atoms with E-state index in [1.807, 2.05) is 5.09 Å². The zero-order valence-electron chi connectivity index (χ0n) is 33.2. The molecular formula is C29H46N9Na2O19PS2+2. The van der Waals surface area contributed by atoms with Crippen LogP contribution in [0.5, 0.6) is 0 Å². The molecule has 1 saturated heterocycles. The summed E-state index contributed by atoms with van der Waals surface area (Å²) in [5.74, 6) is -10.2. The summed E-state index contributed by atoms with van der Waals surface area (Å²) < 4.78 is 23.1. The van der Waals surface area contributed by atoms with Crippen LogP contribution in [0.3, 0.4) is 0 Å². The Morgan fingerprint density at radius 2 is 1.34 bits per heavy atom. The molecule has 0 aromatic carbocycles. The first kappa shape index (κ1) is 59.4. The van der Waals surface area contributed by atoms with Gasteiger partial charge in [-0.2, -0.15) is 4.99 Å². The van der Waals surface area contributed by atoms with E-state index in [2.05, 4.69) is 26.3 Å². The third-order valence-electron chi connectivity index (χ3n) is 8.11. The summed E-state index contributed by atoms with van der Waals surface area (Å²) in [7, 11) is -3.38. The molecule has 2 rings (SSSR count). The molecule has 2 aliphatic rings.